The fourth-order valence-corrected chi connectivity index (χ4v) is 5.50. The van der Waals surface area contributed by atoms with Crippen LogP contribution in [0.15, 0.2) is 56.6 Å². The molecule has 2 aliphatic rings. The number of furan rings is 1. The van der Waals surface area contributed by atoms with E-state index in [1.807, 2.05) is 46.8 Å². The number of allylic oxidation sites excluding steroid dienone is 4. The molecule has 251 valence electrons. The fourth-order valence-electron chi connectivity index (χ4n) is 5.50. The Morgan fingerprint density at radius 2 is 1.82 bits per heavy atom. The van der Waals surface area contributed by atoms with Gasteiger partial charge in [-0.3, -0.25) is 10.3 Å². The maximum atomic E-state index is 6.19. The minimum Gasteiger partial charge on any atom is -0.428 e. The molecule has 0 aliphatic heterocycles. The molecular weight excluding hydrogens is 560 g/mol. The Labute approximate surface area is 274 Å². The summed E-state index contributed by atoms with van der Waals surface area (Å²) in [5.41, 5.74) is 8.49. The van der Waals surface area contributed by atoms with Crippen molar-refractivity contribution in [3.63, 3.8) is 0 Å². The number of ether oxygens (including phenoxy) is 2. The molecule has 2 aliphatic carbocycles. The number of aryl methyl sites for hydroxylation is 2. The number of fused-ring (bicyclic) bond motifs is 1. The van der Waals surface area contributed by atoms with Gasteiger partial charge in [0.05, 0.1) is 17.6 Å². The molecule has 0 spiro atoms. The van der Waals surface area contributed by atoms with Crippen molar-refractivity contribution in [3.05, 3.63) is 76.1 Å². The van der Waals surface area contributed by atoms with Crippen LogP contribution in [0.4, 0.5) is 0 Å². The summed E-state index contributed by atoms with van der Waals surface area (Å²) in [4.78, 5) is 7.08. The van der Waals surface area contributed by atoms with Crippen molar-refractivity contribution in [1.82, 2.24) is 15.5 Å². The van der Waals surface area contributed by atoms with Crippen LogP contribution < -0.4 is 15.4 Å². The van der Waals surface area contributed by atoms with Gasteiger partial charge in [0, 0.05) is 12.5 Å². The summed E-state index contributed by atoms with van der Waals surface area (Å²) >= 11 is 0. The van der Waals surface area contributed by atoms with Gasteiger partial charge >= 0.3 is 0 Å². The Bertz CT molecular complexity index is 1290. The van der Waals surface area contributed by atoms with Crippen molar-refractivity contribution < 1.29 is 13.9 Å². The lowest BCUT2D eigenvalue weighted by molar-refractivity contribution is 0.0946. The Hall–Kier alpha value is -2.87. The monoisotopic (exact) mass is 621 g/mol. The first-order valence-electron chi connectivity index (χ1n) is 16.9. The van der Waals surface area contributed by atoms with Crippen molar-refractivity contribution >= 4 is 5.71 Å². The zero-order valence-electron chi connectivity index (χ0n) is 30.3. The van der Waals surface area contributed by atoms with Gasteiger partial charge in [-0.1, -0.05) is 53.7 Å². The normalized spacial score (nSPS) is 16.3. The predicted octanol–water partition coefficient (Wildman–Crippen LogP) is 8.88. The van der Waals surface area contributed by atoms with Gasteiger partial charge in [-0.05, 0) is 126 Å². The van der Waals surface area contributed by atoms with Crippen molar-refractivity contribution in [3.8, 4) is 11.7 Å². The van der Waals surface area contributed by atoms with E-state index in [4.69, 9.17) is 18.9 Å². The van der Waals surface area contributed by atoms with Crippen LogP contribution in [0.2, 0.25) is 0 Å². The summed E-state index contributed by atoms with van der Waals surface area (Å²) in [7, 11) is 4.19. The topological polar surface area (TPSA) is 71.3 Å². The Balaban J connectivity index is 0.00000169. The van der Waals surface area contributed by atoms with E-state index in [2.05, 4.69) is 88.9 Å². The fraction of sp³-hybridized carbons (Fsp3) is 0.579. The van der Waals surface area contributed by atoms with E-state index in [0.717, 1.165) is 54.4 Å². The number of nitrogens with zero attached hydrogens (tertiary/aromatic N) is 2. The molecule has 1 aromatic carbocycles. The van der Waals surface area contributed by atoms with Crippen molar-refractivity contribution in [2.75, 3.05) is 33.9 Å². The first-order chi connectivity index (χ1) is 21.5. The maximum Gasteiger partial charge on any atom is 0.290 e. The van der Waals surface area contributed by atoms with Gasteiger partial charge in [0.15, 0.2) is 0 Å². The Morgan fingerprint density at radius 3 is 2.49 bits per heavy atom. The highest BCUT2D eigenvalue weighted by Crippen LogP contribution is 2.41. The smallest absolute Gasteiger partial charge is 0.290 e. The lowest BCUT2D eigenvalue weighted by Crippen LogP contribution is -2.30. The standard InChI is InChI=1S/C34H49N4O3.2C2H6/c1-23-19-28-11-9-16-34(5,6)30(28)20-31(23)41-32-15-14-29(40-32)21-39-22-36-33(24(2)27-12-13-27)25(3)37-26(4)35-17-10-18-38(7)8;2*1-2/h12-15,19-20,26,35-36H,9-11,16-18,21-22H2,1-8H3;2*1-2H3/b33-24-,37-25-;;. The number of nitrogens with one attached hydrogen (secondary N) is 2. The molecule has 1 aromatic heterocycles. The molecule has 1 radical (unpaired) electrons. The quantitative estimate of drug-likeness (QED) is 0.118. The highest BCUT2D eigenvalue weighted by molar-refractivity contribution is 5.99. The number of hydrogen-bond acceptors (Lipinski definition) is 7. The van der Waals surface area contributed by atoms with Crippen LogP contribution in [-0.2, 0) is 23.2 Å². The number of benzene rings is 1. The molecule has 1 heterocycles. The van der Waals surface area contributed by atoms with Crippen molar-refractivity contribution in [1.29, 1.82) is 0 Å². The third kappa shape index (κ3) is 12.1. The third-order valence-electron chi connectivity index (χ3n) is 7.93. The SMILES string of the molecule is CC.CC.CC(=N/C(C)NCCCN(C)C)/C(NCOCc1ccc(Oc2cc3c(cc2C)CCCC3(C)C)o1)=C(\C)C1=C[CH]1. The van der Waals surface area contributed by atoms with E-state index in [1.165, 1.54) is 35.1 Å². The molecule has 0 fully saturated rings. The molecular formula is C38H61N4O3. The van der Waals surface area contributed by atoms with Gasteiger partial charge in [0.1, 0.15) is 24.8 Å². The average Bonchev–Trinajstić information content (AvgIpc) is 3.77. The van der Waals surface area contributed by atoms with E-state index < -0.39 is 0 Å². The molecule has 2 N–H and O–H groups in total. The van der Waals surface area contributed by atoms with Gasteiger partial charge < -0.3 is 24.1 Å². The Morgan fingerprint density at radius 1 is 1.11 bits per heavy atom. The molecule has 1 unspecified atom stereocenters. The molecule has 2 aromatic rings. The molecule has 4 rings (SSSR count). The number of aliphatic imine (C=N–C) groups is 1. The lowest BCUT2D eigenvalue weighted by atomic mass is 9.72. The summed E-state index contributed by atoms with van der Waals surface area (Å²) in [6.45, 7) is 23.7. The minimum absolute atomic E-state index is 0.0335. The van der Waals surface area contributed by atoms with E-state index in [1.54, 1.807) is 0 Å². The summed E-state index contributed by atoms with van der Waals surface area (Å²) < 4.78 is 18.1. The molecule has 0 saturated carbocycles. The predicted molar refractivity (Wildman–Crippen MR) is 190 cm³/mol. The molecule has 45 heavy (non-hydrogen) atoms. The average molecular weight is 622 g/mol. The summed E-state index contributed by atoms with van der Waals surface area (Å²) in [5, 5.41) is 6.94. The van der Waals surface area contributed by atoms with E-state index >= 15 is 0 Å². The maximum absolute atomic E-state index is 6.19. The molecule has 7 heteroatoms. The van der Waals surface area contributed by atoms with Crippen LogP contribution in [0.3, 0.4) is 0 Å². The van der Waals surface area contributed by atoms with Gasteiger partial charge in [-0.15, -0.1) is 0 Å². The highest BCUT2D eigenvalue weighted by Gasteiger charge is 2.28. The van der Waals surface area contributed by atoms with E-state index in [0.29, 0.717) is 19.3 Å². The second-order valence-corrected chi connectivity index (χ2v) is 12.3. The molecule has 0 bridgehead atoms. The summed E-state index contributed by atoms with van der Waals surface area (Å²) in [6.07, 6.45) is 8.93. The molecule has 0 amide bonds. The third-order valence-corrected chi connectivity index (χ3v) is 7.93. The van der Waals surface area contributed by atoms with Crippen LogP contribution >= 0.6 is 0 Å². The van der Waals surface area contributed by atoms with E-state index in [-0.39, 0.29) is 11.6 Å². The first kappa shape index (κ1) is 38.3. The minimum atomic E-state index is 0.0335. The van der Waals surface area contributed by atoms with Crippen molar-refractivity contribution in [2.45, 2.75) is 113 Å². The van der Waals surface area contributed by atoms with Crippen LogP contribution in [0.25, 0.3) is 0 Å². The lowest BCUT2D eigenvalue weighted by Gasteiger charge is -2.33. The second-order valence-electron chi connectivity index (χ2n) is 12.3. The van der Waals surface area contributed by atoms with E-state index in [9.17, 15) is 0 Å². The molecule has 7 nitrogen and oxygen atoms in total. The summed E-state index contributed by atoms with van der Waals surface area (Å²) in [5.74, 6) is 2.06. The highest BCUT2D eigenvalue weighted by atomic mass is 16.6. The zero-order valence-corrected chi connectivity index (χ0v) is 30.3. The first-order valence-corrected chi connectivity index (χ1v) is 16.9. The van der Waals surface area contributed by atoms with Gasteiger partial charge in [-0.25, -0.2) is 0 Å². The van der Waals surface area contributed by atoms with Crippen LogP contribution in [0, 0.1) is 13.3 Å². The molecule has 0 saturated heterocycles. The Kier molecular flexibility index (Phi) is 16.1. The van der Waals surface area contributed by atoms with Crippen molar-refractivity contribution in [2.24, 2.45) is 4.99 Å². The number of hydrogen-bond donors (Lipinski definition) is 2. The largest absolute Gasteiger partial charge is 0.428 e. The van der Waals surface area contributed by atoms with Crippen LogP contribution in [-0.4, -0.2) is 50.7 Å². The second kappa shape index (κ2) is 18.9. The van der Waals surface area contributed by atoms with Gasteiger partial charge in [0.2, 0.25) is 0 Å². The zero-order chi connectivity index (χ0) is 33.6. The van der Waals surface area contributed by atoms with Crippen LogP contribution in [0.1, 0.15) is 104 Å². The summed E-state index contributed by atoms with van der Waals surface area (Å²) in [6, 6.07) is 8.26. The molecule has 1 atom stereocenters. The van der Waals surface area contributed by atoms with Gasteiger partial charge in [-0.2, -0.15) is 0 Å². The van der Waals surface area contributed by atoms with Gasteiger partial charge in [0.25, 0.3) is 5.95 Å². The number of rotatable bonds is 15. The van der Waals surface area contributed by atoms with Crippen LogP contribution in [0.5, 0.6) is 11.7 Å².